The fourth-order valence-corrected chi connectivity index (χ4v) is 2.44. The third-order valence-corrected chi connectivity index (χ3v) is 3.98. The Bertz CT molecular complexity index is 442. The van der Waals surface area contributed by atoms with Gasteiger partial charge in [-0.1, -0.05) is 30.3 Å². The zero-order valence-corrected chi connectivity index (χ0v) is 13.7. The zero-order valence-electron chi connectivity index (χ0n) is 11.3. The normalized spacial score (nSPS) is 25.6. The molecule has 3 nitrogen and oxygen atoms in total. The highest BCUT2D eigenvalue weighted by atomic mass is 127. The molecule has 1 aromatic carbocycles. The van der Waals surface area contributed by atoms with E-state index in [4.69, 9.17) is 5.73 Å². The van der Waals surface area contributed by atoms with Gasteiger partial charge in [0.15, 0.2) is 5.96 Å². The Labute approximate surface area is 132 Å². The van der Waals surface area contributed by atoms with Crippen molar-refractivity contribution in [2.24, 2.45) is 16.6 Å². The van der Waals surface area contributed by atoms with Crippen LogP contribution in [-0.2, 0) is 6.42 Å². The van der Waals surface area contributed by atoms with Crippen LogP contribution in [0.15, 0.2) is 35.3 Å². The minimum Gasteiger partial charge on any atom is -0.370 e. The van der Waals surface area contributed by atoms with E-state index < -0.39 is 0 Å². The Morgan fingerprint density at radius 3 is 2.63 bits per heavy atom. The molecule has 2 atom stereocenters. The molecule has 0 spiro atoms. The second-order valence-electron chi connectivity index (χ2n) is 5.58. The summed E-state index contributed by atoms with van der Waals surface area (Å²) in [5.41, 5.74) is 7.44. The molecule has 0 amide bonds. The van der Waals surface area contributed by atoms with Crippen LogP contribution < -0.4 is 5.73 Å². The van der Waals surface area contributed by atoms with Crippen molar-refractivity contribution in [3.8, 4) is 0 Å². The van der Waals surface area contributed by atoms with Gasteiger partial charge < -0.3 is 10.6 Å². The zero-order chi connectivity index (χ0) is 12.5. The lowest BCUT2D eigenvalue weighted by atomic mass is 10.1. The molecule has 0 aliphatic heterocycles. The third kappa shape index (κ3) is 3.84. The molecule has 1 aromatic rings. The molecular weight excluding hydrogens is 349 g/mol. The maximum atomic E-state index is 6.03. The summed E-state index contributed by atoms with van der Waals surface area (Å²) in [6.07, 6.45) is 4.86. The van der Waals surface area contributed by atoms with Crippen LogP contribution in [0.1, 0.15) is 24.8 Å². The second-order valence-corrected chi connectivity index (χ2v) is 5.58. The second kappa shape index (κ2) is 6.11. The molecule has 2 saturated carbocycles. The van der Waals surface area contributed by atoms with Crippen LogP contribution >= 0.6 is 24.0 Å². The van der Waals surface area contributed by atoms with Crippen LogP contribution in [-0.4, -0.2) is 30.0 Å². The fourth-order valence-electron chi connectivity index (χ4n) is 2.44. The van der Waals surface area contributed by atoms with Crippen LogP contribution in [0, 0.1) is 5.92 Å². The summed E-state index contributed by atoms with van der Waals surface area (Å²) in [7, 11) is 2.06. The van der Waals surface area contributed by atoms with E-state index in [9.17, 15) is 0 Å². The number of benzene rings is 1. The Hall–Kier alpha value is -0.780. The predicted molar refractivity (Wildman–Crippen MR) is 89.9 cm³/mol. The first-order valence-electron chi connectivity index (χ1n) is 6.84. The lowest BCUT2D eigenvalue weighted by Gasteiger charge is -2.16. The summed E-state index contributed by atoms with van der Waals surface area (Å²) in [6.45, 7) is 0. The standard InChI is InChI=1S/C15H21N3.HI/c1-18(13-7-8-13)15(16)17-14-10-12(14)9-11-5-3-2-4-6-11;/h2-6,12-14H,7-10H2,1H3,(H2,16,17);1H. The van der Waals surface area contributed by atoms with Gasteiger partial charge in [-0.15, -0.1) is 24.0 Å². The molecule has 0 radical (unpaired) electrons. The maximum Gasteiger partial charge on any atom is 0.191 e. The lowest BCUT2D eigenvalue weighted by Crippen LogP contribution is -2.36. The Morgan fingerprint density at radius 2 is 2.00 bits per heavy atom. The molecule has 2 fully saturated rings. The number of halogens is 1. The maximum absolute atomic E-state index is 6.03. The summed E-state index contributed by atoms with van der Waals surface area (Å²) >= 11 is 0. The molecule has 19 heavy (non-hydrogen) atoms. The van der Waals surface area contributed by atoms with Crippen LogP contribution in [0.3, 0.4) is 0 Å². The first kappa shape index (κ1) is 14.6. The molecule has 0 heterocycles. The molecule has 4 heteroatoms. The van der Waals surface area contributed by atoms with Crippen molar-refractivity contribution in [1.82, 2.24) is 4.90 Å². The average molecular weight is 371 g/mol. The predicted octanol–water partition coefficient (Wildman–Crippen LogP) is 2.64. The molecule has 0 aromatic heterocycles. The van der Waals surface area contributed by atoms with Crippen molar-refractivity contribution in [2.75, 3.05) is 7.05 Å². The van der Waals surface area contributed by atoms with E-state index in [1.807, 2.05) is 0 Å². The fraction of sp³-hybridized carbons (Fsp3) is 0.533. The number of nitrogens with zero attached hydrogens (tertiary/aromatic N) is 2. The first-order chi connectivity index (χ1) is 8.74. The van der Waals surface area contributed by atoms with E-state index in [-0.39, 0.29) is 24.0 Å². The van der Waals surface area contributed by atoms with Gasteiger partial charge in [0.2, 0.25) is 0 Å². The van der Waals surface area contributed by atoms with E-state index in [1.54, 1.807) is 0 Å². The average Bonchev–Trinajstić information content (AvgIpc) is 3.26. The monoisotopic (exact) mass is 371 g/mol. The van der Waals surface area contributed by atoms with E-state index in [0.29, 0.717) is 18.0 Å². The van der Waals surface area contributed by atoms with Crippen LogP contribution in [0.5, 0.6) is 0 Å². The molecule has 0 saturated heterocycles. The summed E-state index contributed by atoms with van der Waals surface area (Å²) in [5, 5.41) is 0. The van der Waals surface area contributed by atoms with Gasteiger partial charge in [-0.25, -0.2) is 4.99 Å². The molecular formula is C15H22IN3. The van der Waals surface area contributed by atoms with E-state index in [1.165, 1.54) is 24.8 Å². The molecule has 2 aliphatic carbocycles. The number of aliphatic imine (C=N–C) groups is 1. The topological polar surface area (TPSA) is 41.6 Å². The van der Waals surface area contributed by atoms with Crippen molar-refractivity contribution < 1.29 is 0 Å². The van der Waals surface area contributed by atoms with Gasteiger partial charge in [0.1, 0.15) is 0 Å². The van der Waals surface area contributed by atoms with E-state index in [2.05, 4.69) is 47.3 Å². The minimum absolute atomic E-state index is 0. The SMILES string of the molecule is CN(C(N)=NC1CC1Cc1ccccc1)C1CC1.I. The minimum atomic E-state index is 0. The smallest absolute Gasteiger partial charge is 0.191 e. The van der Waals surface area contributed by atoms with Crippen LogP contribution in [0.25, 0.3) is 0 Å². The van der Waals surface area contributed by atoms with Crippen molar-refractivity contribution in [1.29, 1.82) is 0 Å². The first-order valence-corrected chi connectivity index (χ1v) is 6.84. The van der Waals surface area contributed by atoms with Gasteiger partial charge in [-0.3, -0.25) is 0 Å². The summed E-state index contributed by atoms with van der Waals surface area (Å²) in [6, 6.07) is 11.8. The molecule has 3 rings (SSSR count). The van der Waals surface area contributed by atoms with Crippen LogP contribution in [0.2, 0.25) is 0 Å². The highest BCUT2D eigenvalue weighted by molar-refractivity contribution is 14.0. The Kier molecular flexibility index (Phi) is 4.71. The van der Waals surface area contributed by atoms with Crippen molar-refractivity contribution >= 4 is 29.9 Å². The summed E-state index contributed by atoms with van der Waals surface area (Å²) in [5.74, 6) is 1.43. The summed E-state index contributed by atoms with van der Waals surface area (Å²) < 4.78 is 0. The van der Waals surface area contributed by atoms with Crippen molar-refractivity contribution in [3.05, 3.63) is 35.9 Å². The molecule has 0 bridgehead atoms. The number of nitrogens with two attached hydrogens (primary N) is 1. The molecule has 2 N–H and O–H groups in total. The number of hydrogen-bond acceptors (Lipinski definition) is 1. The quantitative estimate of drug-likeness (QED) is 0.502. The van der Waals surface area contributed by atoms with Gasteiger partial charge in [0.25, 0.3) is 0 Å². The van der Waals surface area contributed by atoms with Gasteiger partial charge in [0, 0.05) is 13.1 Å². The lowest BCUT2D eigenvalue weighted by molar-refractivity contribution is 0.486. The molecule has 2 unspecified atom stereocenters. The van der Waals surface area contributed by atoms with Gasteiger partial charge in [-0.2, -0.15) is 0 Å². The number of rotatable bonds is 4. The number of hydrogen-bond donors (Lipinski definition) is 1. The highest BCUT2D eigenvalue weighted by Gasteiger charge is 2.38. The Balaban J connectivity index is 0.00000133. The van der Waals surface area contributed by atoms with E-state index in [0.717, 1.165) is 12.4 Å². The van der Waals surface area contributed by atoms with E-state index >= 15 is 0 Å². The molecule has 2 aliphatic rings. The van der Waals surface area contributed by atoms with Crippen molar-refractivity contribution in [2.45, 2.75) is 37.8 Å². The Morgan fingerprint density at radius 1 is 1.32 bits per heavy atom. The third-order valence-electron chi connectivity index (χ3n) is 3.98. The summed E-state index contributed by atoms with van der Waals surface area (Å²) in [4.78, 5) is 6.78. The highest BCUT2D eigenvalue weighted by Crippen LogP contribution is 2.37. The van der Waals surface area contributed by atoms with Gasteiger partial charge in [-0.05, 0) is 37.2 Å². The molecule has 104 valence electrons. The number of guanidine groups is 1. The van der Waals surface area contributed by atoms with Gasteiger partial charge >= 0.3 is 0 Å². The largest absolute Gasteiger partial charge is 0.370 e. The van der Waals surface area contributed by atoms with Crippen molar-refractivity contribution in [3.63, 3.8) is 0 Å². The van der Waals surface area contributed by atoms with Crippen LogP contribution in [0.4, 0.5) is 0 Å². The van der Waals surface area contributed by atoms with Gasteiger partial charge in [0.05, 0.1) is 6.04 Å².